The molecule has 0 saturated carbocycles. The highest BCUT2D eigenvalue weighted by molar-refractivity contribution is 7.89. The first-order valence-electron chi connectivity index (χ1n) is 6.64. The number of ether oxygens (including phenoxy) is 1. The molecule has 0 unspecified atom stereocenters. The van der Waals surface area contributed by atoms with Crippen molar-refractivity contribution in [1.29, 1.82) is 0 Å². The lowest BCUT2D eigenvalue weighted by Crippen LogP contribution is -2.48. The fourth-order valence-electron chi connectivity index (χ4n) is 2.62. The molecule has 0 aromatic heterocycles. The number of carbonyl (C=O) groups is 1. The average Bonchev–Trinajstić information content (AvgIpc) is 2.28. The number of aliphatic carboxylic acids is 1. The Bertz CT molecular complexity index is 677. The molecule has 21 heavy (non-hydrogen) atoms. The number of sulfonamides is 1. The normalized spacial score (nSPS) is 15.8. The van der Waals surface area contributed by atoms with Crippen molar-refractivity contribution >= 4 is 16.0 Å². The van der Waals surface area contributed by atoms with E-state index in [0.29, 0.717) is 29.9 Å². The first-order chi connectivity index (χ1) is 9.72. The molecule has 1 aromatic rings. The summed E-state index contributed by atoms with van der Waals surface area (Å²) in [6, 6.07) is 1.51. The van der Waals surface area contributed by atoms with Crippen LogP contribution in [0.5, 0.6) is 0 Å². The number of rotatable bonds is 5. The largest absolute Gasteiger partial charge is 0.481 e. The molecule has 1 aromatic carbocycles. The van der Waals surface area contributed by atoms with Gasteiger partial charge in [-0.3, -0.25) is 4.79 Å². The Morgan fingerprint density at radius 2 is 1.95 bits per heavy atom. The third kappa shape index (κ3) is 3.25. The Balaban J connectivity index is 2.49. The number of benzene rings is 1. The van der Waals surface area contributed by atoms with Crippen LogP contribution in [0.25, 0.3) is 0 Å². The highest BCUT2D eigenvalue weighted by Gasteiger charge is 2.29. The number of nitrogens with one attached hydrogen (secondary N) is 1. The van der Waals surface area contributed by atoms with Gasteiger partial charge in [0.1, 0.15) is 0 Å². The van der Waals surface area contributed by atoms with Gasteiger partial charge in [0.15, 0.2) is 0 Å². The summed E-state index contributed by atoms with van der Waals surface area (Å²) in [5, 5.41) is 8.99. The fraction of sp³-hybridized carbons (Fsp3) is 0.500. The molecule has 1 saturated heterocycles. The minimum Gasteiger partial charge on any atom is -0.481 e. The molecule has 7 heteroatoms. The monoisotopic (exact) mass is 313 g/mol. The standard InChI is InChI=1S/C14H19NO5S/c1-8-4-9(2)14(10(3)12(8)5-13(16)17)21(18,19)15-11-6-20-7-11/h4,11,15H,5-7H2,1-3H3,(H,16,17). The van der Waals surface area contributed by atoms with Crippen LogP contribution in [0, 0.1) is 20.8 Å². The first-order valence-corrected chi connectivity index (χ1v) is 8.12. The average molecular weight is 313 g/mol. The molecule has 0 aliphatic carbocycles. The molecule has 6 nitrogen and oxygen atoms in total. The second-order valence-electron chi connectivity index (χ2n) is 5.37. The quantitative estimate of drug-likeness (QED) is 0.843. The Morgan fingerprint density at radius 3 is 2.43 bits per heavy atom. The highest BCUT2D eigenvalue weighted by Crippen LogP contribution is 2.27. The molecular weight excluding hydrogens is 294 g/mol. The van der Waals surface area contributed by atoms with Crippen molar-refractivity contribution in [2.45, 2.75) is 38.1 Å². The summed E-state index contributed by atoms with van der Waals surface area (Å²) in [5.41, 5.74) is 2.46. The van der Waals surface area contributed by atoms with Crippen molar-refractivity contribution < 1.29 is 23.1 Å². The van der Waals surface area contributed by atoms with Crippen molar-refractivity contribution in [3.63, 3.8) is 0 Å². The van der Waals surface area contributed by atoms with Gasteiger partial charge >= 0.3 is 5.97 Å². The van der Waals surface area contributed by atoms with E-state index in [1.54, 1.807) is 26.8 Å². The Kier molecular flexibility index (Phi) is 4.36. The minimum absolute atomic E-state index is 0.177. The third-order valence-corrected chi connectivity index (χ3v) is 5.43. The van der Waals surface area contributed by atoms with Gasteiger partial charge in [-0.25, -0.2) is 13.1 Å². The first kappa shape index (κ1) is 15.9. The maximum Gasteiger partial charge on any atom is 0.307 e. The lowest BCUT2D eigenvalue weighted by Gasteiger charge is -2.27. The van der Waals surface area contributed by atoms with E-state index < -0.39 is 16.0 Å². The molecular formula is C14H19NO5S. The van der Waals surface area contributed by atoms with Crippen molar-refractivity contribution in [2.24, 2.45) is 0 Å². The SMILES string of the molecule is Cc1cc(C)c(S(=O)(=O)NC2COC2)c(C)c1CC(=O)O. The molecule has 0 bridgehead atoms. The molecule has 116 valence electrons. The molecule has 0 radical (unpaired) electrons. The van der Waals surface area contributed by atoms with Crippen LogP contribution >= 0.6 is 0 Å². The molecule has 2 rings (SSSR count). The Morgan fingerprint density at radius 1 is 1.33 bits per heavy atom. The molecule has 1 fully saturated rings. The van der Waals surface area contributed by atoms with Crippen molar-refractivity contribution in [3.05, 3.63) is 28.3 Å². The van der Waals surface area contributed by atoms with Crippen LogP contribution in [-0.2, 0) is 26.0 Å². The van der Waals surface area contributed by atoms with Crippen LogP contribution in [-0.4, -0.2) is 38.7 Å². The number of aryl methyl sites for hydroxylation is 2. The van der Waals surface area contributed by atoms with Crippen LogP contribution in [0.4, 0.5) is 0 Å². The van der Waals surface area contributed by atoms with Gasteiger partial charge in [-0.2, -0.15) is 0 Å². The molecule has 1 aliphatic heterocycles. The van der Waals surface area contributed by atoms with Gasteiger partial charge in [0.05, 0.1) is 30.6 Å². The van der Waals surface area contributed by atoms with Crippen molar-refractivity contribution in [1.82, 2.24) is 4.72 Å². The number of carboxylic acids is 1. The predicted molar refractivity (Wildman–Crippen MR) is 76.9 cm³/mol. The number of carboxylic acid groups (broad SMARTS) is 1. The summed E-state index contributed by atoms with van der Waals surface area (Å²) in [4.78, 5) is 11.1. The molecule has 1 heterocycles. The zero-order valence-electron chi connectivity index (χ0n) is 12.3. The number of hydrogen-bond acceptors (Lipinski definition) is 4. The summed E-state index contributed by atoms with van der Waals surface area (Å²) >= 11 is 0. The third-order valence-electron chi connectivity index (χ3n) is 3.62. The zero-order valence-corrected chi connectivity index (χ0v) is 13.1. The van der Waals surface area contributed by atoms with Crippen LogP contribution in [0.1, 0.15) is 22.3 Å². The molecule has 0 atom stereocenters. The second-order valence-corrected chi connectivity index (χ2v) is 7.02. The van der Waals surface area contributed by atoms with Crippen molar-refractivity contribution in [3.8, 4) is 0 Å². The number of hydrogen-bond donors (Lipinski definition) is 2. The topological polar surface area (TPSA) is 92.7 Å². The van der Waals surface area contributed by atoms with Gasteiger partial charge in [-0.05, 0) is 43.0 Å². The summed E-state index contributed by atoms with van der Waals surface area (Å²) < 4.78 is 32.6. The zero-order chi connectivity index (χ0) is 15.8. The molecule has 0 amide bonds. The van der Waals surface area contributed by atoms with Crippen LogP contribution in [0.15, 0.2) is 11.0 Å². The minimum atomic E-state index is -3.68. The highest BCUT2D eigenvalue weighted by atomic mass is 32.2. The van der Waals surface area contributed by atoms with Gasteiger partial charge in [-0.1, -0.05) is 6.07 Å². The second kappa shape index (κ2) is 5.75. The lowest BCUT2D eigenvalue weighted by atomic mass is 9.97. The van der Waals surface area contributed by atoms with Crippen molar-refractivity contribution in [2.75, 3.05) is 13.2 Å². The fourth-order valence-corrected chi connectivity index (χ4v) is 4.33. The van der Waals surface area contributed by atoms with E-state index >= 15 is 0 Å². The van der Waals surface area contributed by atoms with E-state index in [1.165, 1.54) is 0 Å². The smallest absolute Gasteiger partial charge is 0.307 e. The van der Waals surface area contributed by atoms with Gasteiger partial charge in [0, 0.05) is 0 Å². The van der Waals surface area contributed by atoms with E-state index in [4.69, 9.17) is 9.84 Å². The lowest BCUT2D eigenvalue weighted by molar-refractivity contribution is -0.136. The summed E-state index contributed by atoms with van der Waals surface area (Å²) in [7, 11) is -3.68. The maximum atomic E-state index is 12.5. The predicted octanol–water partition coefficient (Wildman–Crippen LogP) is 0.916. The van der Waals surface area contributed by atoms with Crippen LogP contribution < -0.4 is 4.72 Å². The molecule has 0 spiro atoms. The van der Waals surface area contributed by atoms with Gasteiger partial charge in [0.25, 0.3) is 0 Å². The van der Waals surface area contributed by atoms with Gasteiger partial charge < -0.3 is 9.84 Å². The van der Waals surface area contributed by atoms with E-state index in [9.17, 15) is 13.2 Å². The Labute approximate surface area is 124 Å². The summed E-state index contributed by atoms with van der Waals surface area (Å²) in [5.74, 6) is -0.978. The summed E-state index contributed by atoms with van der Waals surface area (Å²) in [6.07, 6.45) is -0.187. The van der Waals surface area contributed by atoms with Gasteiger partial charge in [-0.15, -0.1) is 0 Å². The van der Waals surface area contributed by atoms with E-state index in [-0.39, 0.29) is 17.4 Å². The maximum absolute atomic E-state index is 12.5. The molecule has 2 N–H and O–H groups in total. The van der Waals surface area contributed by atoms with Crippen LogP contribution in [0.3, 0.4) is 0 Å². The van der Waals surface area contributed by atoms with E-state index in [1.807, 2.05) is 0 Å². The Hall–Kier alpha value is -1.44. The van der Waals surface area contributed by atoms with E-state index in [2.05, 4.69) is 4.72 Å². The van der Waals surface area contributed by atoms with E-state index in [0.717, 1.165) is 5.56 Å². The van der Waals surface area contributed by atoms with Gasteiger partial charge in [0.2, 0.25) is 10.0 Å². The molecule has 1 aliphatic rings. The summed E-state index contributed by atoms with van der Waals surface area (Å²) in [6.45, 7) is 5.90. The van der Waals surface area contributed by atoms with Crippen LogP contribution in [0.2, 0.25) is 0 Å².